The monoisotopic (exact) mass is 323 g/mol. The fourth-order valence-corrected chi connectivity index (χ4v) is 3.31. The molecule has 7 nitrogen and oxygen atoms in total. The zero-order chi connectivity index (χ0) is 16.4. The molecule has 0 saturated carbocycles. The van der Waals surface area contributed by atoms with Crippen molar-refractivity contribution in [1.29, 1.82) is 0 Å². The summed E-state index contributed by atoms with van der Waals surface area (Å²) in [5, 5.41) is 4.26. The molecule has 0 radical (unpaired) electrons. The number of hydrogen-bond donors (Lipinski definition) is 0. The van der Waals surface area contributed by atoms with Crippen molar-refractivity contribution < 1.29 is 0 Å². The van der Waals surface area contributed by atoms with Gasteiger partial charge in [-0.2, -0.15) is 5.10 Å². The Bertz CT molecular complexity index is 793. The van der Waals surface area contributed by atoms with E-state index in [0.717, 1.165) is 37.6 Å². The van der Waals surface area contributed by atoms with Crippen molar-refractivity contribution >= 4 is 0 Å². The van der Waals surface area contributed by atoms with Crippen LogP contribution in [-0.2, 0) is 13.6 Å². The predicted octanol–water partition coefficient (Wildman–Crippen LogP) is 1.78. The summed E-state index contributed by atoms with van der Waals surface area (Å²) in [5.41, 5.74) is 2.31. The van der Waals surface area contributed by atoms with Crippen LogP contribution < -0.4 is 0 Å². The van der Waals surface area contributed by atoms with E-state index in [-0.39, 0.29) is 0 Å². The molecule has 1 fully saturated rings. The van der Waals surface area contributed by atoms with E-state index in [1.807, 2.05) is 34.9 Å². The van der Waals surface area contributed by atoms with Crippen LogP contribution in [0.25, 0.3) is 5.82 Å². The number of rotatable bonds is 4. The van der Waals surface area contributed by atoms with Gasteiger partial charge in [0.1, 0.15) is 6.33 Å². The van der Waals surface area contributed by atoms with Crippen molar-refractivity contribution in [3.63, 3.8) is 0 Å². The van der Waals surface area contributed by atoms with E-state index in [4.69, 9.17) is 4.98 Å². The highest BCUT2D eigenvalue weighted by molar-refractivity contribution is 5.21. The molecule has 7 heteroatoms. The lowest BCUT2D eigenvalue weighted by Crippen LogP contribution is -2.34. The number of imidazole rings is 1. The minimum Gasteiger partial charge on any atom is -0.297 e. The van der Waals surface area contributed by atoms with Crippen LogP contribution in [-0.4, -0.2) is 47.3 Å². The molecule has 1 aliphatic rings. The van der Waals surface area contributed by atoms with E-state index in [2.05, 4.69) is 26.0 Å². The van der Waals surface area contributed by atoms with E-state index in [1.54, 1.807) is 18.7 Å². The van der Waals surface area contributed by atoms with E-state index in [1.165, 1.54) is 12.1 Å². The summed E-state index contributed by atoms with van der Waals surface area (Å²) in [6.07, 6.45) is 13.3. The van der Waals surface area contributed by atoms with Crippen molar-refractivity contribution in [2.24, 2.45) is 7.05 Å². The lowest BCUT2D eigenvalue weighted by atomic mass is 9.95. The first kappa shape index (κ1) is 15.0. The van der Waals surface area contributed by atoms with Gasteiger partial charge in [-0.15, -0.1) is 0 Å². The molecule has 24 heavy (non-hydrogen) atoms. The van der Waals surface area contributed by atoms with Gasteiger partial charge in [-0.05, 0) is 25.5 Å². The van der Waals surface area contributed by atoms with Crippen LogP contribution in [0.2, 0.25) is 0 Å². The number of piperidine rings is 1. The van der Waals surface area contributed by atoms with Crippen LogP contribution in [0.5, 0.6) is 0 Å². The van der Waals surface area contributed by atoms with Gasteiger partial charge in [0.15, 0.2) is 5.82 Å². The van der Waals surface area contributed by atoms with Crippen molar-refractivity contribution in [3.8, 4) is 5.82 Å². The minimum absolute atomic E-state index is 0.419. The number of likely N-dealkylation sites (tertiary alicyclic amines) is 1. The fourth-order valence-electron chi connectivity index (χ4n) is 3.31. The first-order chi connectivity index (χ1) is 11.8. The van der Waals surface area contributed by atoms with Crippen LogP contribution >= 0.6 is 0 Å². The maximum Gasteiger partial charge on any atom is 0.156 e. The van der Waals surface area contributed by atoms with Gasteiger partial charge in [-0.3, -0.25) is 19.1 Å². The van der Waals surface area contributed by atoms with Crippen LogP contribution in [0, 0.1) is 0 Å². The topological polar surface area (TPSA) is 64.7 Å². The Hall–Kier alpha value is -2.54. The Kier molecular flexibility index (Phi) is 4.08. The average molecular weight is 323 g/mol. The molecule has 4 rings (SSSR count). The summed E-state index contributed by atoms with van der Waals surface area (Å²) in [6.45, 7) is 3.06. The Morgan fingerprint density at radius 1 is 1.21 bits per heavy atom. The number of aryl methyl sites for hydroxylation is 1. The highest BCUT2D eigenvalue weighted by atomic mass is 15.3. The van der Waals surface area contributed by atoms with E-state index >= 15 is 0 Å². The average Bonchev–Trinajstić information content (AvgIpc) is 3.28. The quantitative estimate of drug-likeness (QED) is 0.732. The molecule has 1 saturated heterocycles. The molecule has 4 heterocycles. The van der Waals surface area contributed by atoms with Gasteiger partial charge in [0.25, 0.3) is 0 Å². The summed E-state index contributed by atoms with van der Waals surface area (Å²) in [4.78, 5) is 15.8. The minimum atomic E-state index is 0.419. The maximum atomic E-state index is 4.80. The molecule has 0 spiro atoms. The van der Waals surface area contributed by atoms with Crippen molar-refractivity contribution in [1.82, 2.24) is 34.2 Å². The van der Waals surface area contributed by atoms with Crippen LogP contribution in [0.1, 0.15) is 30.1 Å². The fraction of sp³-hybridized carbons (Fsp3) is 0.412. The highest BCUT2D eigenvalue weighted by Gasteiger charge is 2.23. The molecule has 0 aromatic carbocycles. The zero-order valence-corrected chi connectivity index (χ0v) is 13.8. The van der Waals surface area contributed by atoms with Gasteiger partial charge in [0, 0.05) is 50.8 Å². The molecule has 3 aromatic rings. The number of hydrogen-bond acceptors (Lipinski definition) is 5. The van der Waals surface area contributed by atoms with Crippen LogP contribution in [0.15, 0.2) is 43.4 Å². The van der Waals surface area contributed by atoms with Crippen molar-refractivity contribution in [3.05, 3.63) is 54.8 Å². The second kappa shape index (κ2) is 6.52. The summed E-state index contributed by atoms with van der Waals surface area (Å²) in [7, 11) is 2.00. The first-order valence-electron chi connectivity index (χ1n) is 8.29. The number of aromatic nitrogens is 6. The molecule has 0 amide bonds. The summed E-state index contributed by atoms with van der Waals surface area (Å²) in [6, 6.07) is 2.09. The molecule has 0 bridgehead atoms. The predicted molar refractivity (Wildman–Crippen MR) is 89.6 cm³/mol. The maximum absolute atomic E-state index is 4.80. The standard InChI is InChI=1S/C17H21N7/c1-22-15(4-5-20-22)12-23-7-2-3-14(11-23)16-9-19-10-17(21-16)24-8-6-18-13-24/h4-6,8-10,13-14H,2-3,7,11-12H2,1H3. The van der Waals surface area contributed by atoms with Gasteiger partial charge in [-0.1, -0.05) is 0 Å². The highest BCUT2D eigenvalue weighted by Crippen LogP contribution is 2.26. The first-order valence-corrected chi connectivity index (χ1v) is 8.29. The third-order valence-corrected chi connectivity index (χ3v) is 4.64. The largest absolute Gasteiger partial charge is 0.297 e. The Morgan fingerprint density at radius 3 is 2.96 bits per heavy atom. The van der Waals surface area contributed by atoms with Crippen molar-refractivity contribution in [2.45, 2.75) is 25.3 Å². The van der Waals surface area contributed by atoms with Gasteiger partial charge in [-0.25, -0.2) is 9.97 Å². The van der Waals surface area contributed by atoms with Gasteiger partial charge in [0.2, 0.25) is 0 Å². The zero-order valence-electron chi connectivity index (χ0n) is 13.8. The summed E-state index contributed by atoms with van der Waals surface area (Å²) in [5.74, 6) is 1.25. The molecule has 0 N–H and O–H groups in total. The second-order valence-corrected chi connectivity index (χ2v) is 6.29. The lowest BCUT2D eigenvalue weighted by Gasteiger charge is -2.32. The Balaban J connectivity index is 1.50. The molecule has 1 atom stereocenters. The molecule has 0 aliphatic carbocycles. The molecule has 1 aliphatic heterocycles. The number of nitrogens with zero attached hydrogens (tertiary/aromatic N) is 7. The molecular weight excluding hydrogens is 302 g/mol. The Labute approximate surface area is 141 Å². The van der Waals surface area contributed by atoms with Crippen molar-refractivity contribution in [2.75, 3.05) is 13.1 Å². The van der Waals surface area contributed by atoms with Gasteiger partial charge in [0.05, 0.1) is 17.6 Å². The molecular formula is C17H21N7. The van der Waals surface area contributed by atoms with Gasteiger partial charge >= 0.3 is 0 Å². The third kappa shape index (κ3) is 3.07. The smallest absolute Gasteiger partial charge is 0.156 e. The second-order valence-electron chi connectivity index (χ2n) is 6.29. The van der Waals surface area contributed by atoms with Gasteiger partial charge < -0.3 is 0 Å². The third-order valence-electron chi connectivity index (χ3n) is 4.64. The molecule has 3 aromatic heterocycles. The van der Waals surface area contributed by atoms with E-state index in [9.17, 15) is 0 Å². The van der Waals surface area contributed by atoms with E-state index in [0.29, 0.717) is 5.92 Å². The van der Waals surface area contributed by atoms with E-state index < -0.39 is 0 Å². The van der Waals surface area contributed by atoms with Crippen LogP contribution in [0.3, 0.4) is 0 Å². The molecule has 124 valence electrons. The molecule has 1 unspecified atom stereocenters. The lowest BCUT2D eigenvalue weighted by molar-refractivity contribution is 0.194. The Morgan fingerprint density at radius 2 is 2.17 bits per heavy atom. The summed E-state index contributed by atoms with van der Waals surface area (Å²) < 4.78 is 3.84. The SMILES string of the molecule is Cn1nccc1CN1CCCC(c2cncc(-n3ccnc3)n2)C1. The normalized spacial score (nSPS) is 18.8. The summed E-state index contributed by atoms with van der Waals surface area (Å²) >= 11 is 0. The van der Waals surface area contributed by atoms with Crippen LogP contribution in [0.4, 0.5) is 0 Å².